The van der Waals surface area contributed by atoms with Gasteiger partial charge in [0.05, 0.1) is 5.75 Å². The number of nitrogens with zero attached hydrogens (tertiary/aromatic N) is 2. The molecule has 1 N–H and O–H groups in total. The van der Waals surface area contributed by atoms with Crippen molar-refractivity contribution in [3.63, 3.8) is 0 Å². The normalized spacial score (nSPS) is 11.5. The molecule has 8 heteroatoms. The summed E-state index contributed by atoms with van der Waals surface area (Å²) in [5, 5.41) is 0.201. The van der Waals surface area contributed by atoms with Crippen molar-refractivity contribution in [2.24, 2.45) is 0 Å². The molecule has 1 heterocycles. The standard InChI is InChI=1S/C9H14ClN3O3S/c1-7-6-8(10)12-9(11-7)13-17(14,15)5-3-4-16-2/h6H,3-5H2,1-2H3,(H,11,12,13). The SMILES string of the molecule is COCCCS(=O)(=O)Nc1nc(C)cc(Cl)n1. The van der Waals surface area contributed by atoms with Gasteiger partial charge in [0.1, 0.15) is 5.15 Å². The average molecular weight is 280 g/mol. The summed E-state index contributed by atoms with van der Waals surface area (Å²) in [4.78, 5) is 7.71. The van der Waals surface area contributed by atoms with Crippen LogP contribution in [-0.2, 0) is 14.8 Å². The van der Waals surface area contributed by atoms with E-state index in [4.69, 9.17) is 16.3 Å². The lowest BCUT2D eigenvalue weighted by atomic mass is 10.5. The predicted octanol–water partition coefficient (Wildman–Crippen LogP) is 1.22. The number of aryl methyl sites for hydroxylation is 1. The Labute approximate surface area is 105 Å². The highest BCUT2D eigenvalue weighted by atomic mass is 35.5. The minimum atomic E-state index is -3.45. The Morgan fingerprint density at radius 1 is 1.47 bits per heavy atom. The number of sulfonamides is 1. The van der Waals surface area contributed by atoms with Crippen molar-refractivity contribution in [1.82, 2.24) is 9.97 Å². The molecule has 0 atom stereocenters. The lowest BCUT2D eigenvalue weighted by molar-refractivity contribution is 0.199. The van der Waals surface area contributed by atoms with Gasteiger partial charge in [-0.25, -0.2) is 18.4 Å². The van der Waals surface area contributed by atoms with Crippen molar-refractivity contribution in [2.75, 3.05) is 24.2 Å². The fourth-order valence-electron chi connectivity index (χ4n) is 1.16. The predicted molar refractivity (Wildman–Crippen MR) is 65.7 cm³/mol. The van der Waals surface area contributed by atoms with Gasteiger partial charge in [-0.05, 0) is 19.4 Å². The van der Waals surface area contributed by atoms with E-state index < -0.39 is 10.0 Å². The topological polar surface area (TPSA) is 81.2 Å². The lowest BCUT2D eigenvalue weighted by Crippen LogP contribution is -2.19. The average Bonchev–Trinajstić information content (AvgIpc) is 2.14. The van der Waals surface area contributed by atoms with Crippen LogP contribution >= 0.6 is 11.6 Å². The highest BCUT2D eigenvalue weighted by Crippen LogP contribution is 2.11. The van der Waals surface area contributed by atoms with Crippen LogP contribution in [0.2, 0.25) is 5.15 Å². The van der Waals surface area contributed by atoms with E-state index in [9.17, 15) is 8.42 Å². The van der Waals surface area contributed by atoms with Gasteiger partial charge >= 0.3 is 0 Å². The Morgan fingerprint density at radius 3 is 2.76 bits per heavy atom. The third kappa shape index (κ3) is 5.29. The van der Waals surface area contributed by atoms with Crippen LogP contribution in [0.4, 0.5) is 5.95 Å². The van der Waals surface area contributed by atoms with Crippen molar-refractivity contribution in [3.05, 3.63) is 16.9 Å². The maximum absolute atomic E-state index is 11.6. The number of anilines is 1. The van der Waals surface area contributed by atoms with Gasteiger partial charge in [0.15, 0.2) is 0 Å². The van der Waals surface area contributed by atoms with Crippen LogP contribution in [0.3, 0.4) is 0 Å². The minimum Gasteiger partial charge on any atom is -0.385 e. The molecular formula is C9H14ClN3O3S. The van der Waals surface area contributed by atoms with Crippen molar-refractivity contribution in [3.8, 4) is 0 Å². The Bertz CT molecular complexity index is 458. The molecule has 6 nitrogen and oxygen atoms in total. The number of methoxy groups -OCH3 is 1. The molecule has 0 amide bonds. The third-order valence-electron chi connectivity index (χ3n) is 1.83. The van der Waals surface area contributed by atoms with Crippen LogP contribution in [0.1, 0.15) is 12.1 Å². The molecule has 17 heavy (non-hydrogen) atoms. The van der Waals surface area contributed by atoms with Gasteiger partial charge in [-0.3, -0.25) is 4.72 Å². The molecule has 0 bridgehead atoms. The zero-order valence-corrected chi connectivity index (χ0v) is 11.2. The van der Waals surface area contributed by atoms with Crippen molar-refractivity contribution < 1.29 is 13.2 Å². The van der Waals surface area contributed by atoms with Gasteiger partial charge in [-0.2, -0.15) is 0 Å². The molecule has 0 radical (unpaired) electrons. The summed E-state index contributed by atoms with van der Waals surface area (Å²) in [6.07, 6.45) is 0.408. The van der Waals surface area contributed by atoms with Gasteiger partial charge in [0, 0.05) is 19.4 Å². The van der Waals surface area contributed by atoms with Gasteiger partial charge in [-0.1, -0.05) is 11.6 Å². The molecule has 0 aliphatic rings. The monoisotopic (exact) mass is 279 g/mol. The molecule has 1 rings (SSSR count). The fraction of sp³-hybridized carbons (Fsp3) is 0.556. The first-order valence-electron chi connectivity index (χ1n) is 4.93. The van der Waals surface area contributed by atoms with E-state index in [-0.39, 0.29) is 16.9 Å². The van der Waals surface area contributed by atoms with Gasteiger partial charge in [0.25, 0.3) is 0 Å². The quantitative estimate of drug-likeness (QED) is 0.625. The van der Waals surface area contributed by atoms with Crippen LogP contribution in [0, 0.1) is 6.92 Å². The summed E-state index contributed by atoms with van der Waals surface area (Å²) in [6.45, 7) is 2.09. The van der Waals surface area contributed by atoms with E-state index in [1.54, 1.807) is 13.0 Å². The number of rotatable bonds is 6. The van der Waals surface area contributed by atoms with Crippen LogP contribution in [0.15, 0.2) is 6.07 Å². The summed E-state index contributed by atoms with van der Waals surface area (Å²) < 4.78 is 30.3. The zero-order chi connectivity index (χ0) is 12.9. The fourth-order valence-corrected chi connectivity index (χ4v) is 2.37. The van der Waals surface area contributed by atoms with E-state index in [1.165, 1.54) is 7.11 Å². The summed E-state index contributed by atoms with van der Waals surface area (Å²) in [7, 11) is -1.94. The Morgan fingerprint density at radius 2 is 2.18 bits per heavy atom. The second-order valence-corrected chi connectivity index (χ2v) is 5.65. The van der Waals surface area contributed by atoms with Crippen LogP contribution in [0.25, 0.3) is 0 Å². The van der Waals surface area contributed by atoms with Gasteiger partial charge in [0.2, 0.25) is 16.0 Å². The van der Waals surface area contributed by atoms with Crippen molar-refractivity contribution in [2.45, 2.75) is 13.3 Å². The lowest BCUT2D eigenvalue weighted by Gasteiger charge is -2.06. The molecule has 96 valence electrons. The summed E-state index contributed by atoms with van der Waals surface area (Å²) >= 11 is 5.70. The molecule has 0 fully saturated rings. The molecule has 0 saturated carbocycles. The maximum Gasteiger partial charge on any atom is 0.238 e. The van der Waals surface area contributed by atoms with E-state index >= 15 is 0 Å². The second kappa shape index (κ2) is 6.13. The van der Waals surface area contributed by atoms with Crippen molar-refractivity contribution in [1.29, 1.82) is 0 Å². The Balaban J connectivity index is 2.69. The first kappa shape index (κ1) is 14.1. The Kier molecular flexibility index (Phi) is 5.10. The number of hydrogen-bond acceptors (Lipinski definition) is 5. The van der Waals surface area contributed by atoms with Crippen LogP contribution in [0.5, 0.6) is 0 Å². The van der Waals surface area contributed by atoms with Crippen LogP contribution < -0.4 is 4.72 Å². The summed E-state index contributed by atoms with van der Waals surface area (Å²) in [5.41, 5.74) is 0.597. The van der Waals surface area contributed by atoms with Crippen LogP contribution in [-0.4, -0.2) is 37.9 Å². The largest absolute Gasteiger partial charge is 0.385 e. The smallest absolute Gasteiger partial charge is 0.238 e. The minimum absolute atomic E-state index is 0.00702. The molecule has 0 aliphatic heterocycles. The first-order chi connectivity index (χ1) is 7.93. The van der Waals surface area contributed by atoms with E-state index in [2.05, 4.69) is 14.7 Å². The summed E-state index contributed by atoms with van der Waals surface area (Å²) in [5.74, 6) is -0.0529. The van der Waals surface area contributed by atoms with Gasteiger partial charge < -0.3 is 4.74 Å². The number of ether oxygens (including phenoxy) is 1. The molecule has 1 aromatic rings. The number of halogens is 1. The highest BCUT2D eigenvalue weighted by Gasteiger charge is 2.12. The number of nitrogens with one attached hydrogen (secondary N) is 1. The molecule has 0 unspecified atom stereocenters. The van der Waals surface area contributed by atoms with Gasteiger partial charge in [-0.15, -0.1) is 0 Å². The molecule has 0 saturated heterocycles. The van der Waals surface area contributed by atoms with E-state index in [1.807, 2.05) is 0 Å². The molecule has 0 aromatic carbocycles. The molecule has 0 spiro atoms. The molecule has 1 aromatic heterocycles. The summed E-state index contributed by atoms with van der Waals surface area (Å²) in [6, 6.07) is 1.55. The van der Waals surface area contributed by atoms with Crippen molar-refractivity contribution >= 4 is 27.6 Å². The highest BCUT2D eigenvalue weighted by molar-refractivity contribution is 7.92. The Hall–Kier alpha value is -0.920. The van der Waals surface area contributed by atoms with E-state index in [0.717, 1.165) is 0 Å². The first-order valence-corrected chi connectivity index (χ1v) is 6.96. The zero-order valence-electron chi connectivity index (χ0n) is 9.60. The second-order valence-electron chi connectivity index (χ2n) is 3.42. The maximum atomic E-state index is 11.6. The molecule has 0 aliphatic carbocycles. The number of hydrogen-bond donors (Lipinski definition) is 1. The van der Waals surface area contributed by atoms with E-state index in [0.29, 0.717) is 18.7 Å². The number of aromatic nitrogens is 2. The third-order valence-corrected chi connectivity index (χ3v) is 3.34. The molecular weight excluding hydrogens is 266 g/mol.